The molecule has 1 unspecified atom stereocenters. The lowest BCUT2D eigenvalue weighted by Gasteiger charge is -2.24. The van der Waals surface area contributed by atoms with Gasteiger partial charge >= 0.3 is 0 Å². The average molecular weight is 516 g/mol. The lowest BCUT2D eigenvalue weighted by molar-refractivity contribution is 0.0739. The molecule has 1 heterocycles. The average Bonchev–Trinajstić information content (AvgIpc) is 2.93. The molecule has 0 spiro atoms. The van der Waals surface area contributed by atoms with Crippen LogP contribution in [0.4, 0.5) is 5.69 Å². The van der Waals surface area contributed by atoms with E-state index in [2.05, 4.69) is 24.1 Å². The van der Waals surface area contributed by atoms with E-state index in [9.17, 15) is 4.79 Å². The Morgan fingerprint density at radius 3 is 2.49 bits per heavy atom. The number of amides is 1. The van der Waals surface area contributed by atoms with E-state index in [4.69, 9.17) is 16.3 Å². The molecule has 1 N–H and O–H groups in total. The zero-order valence-electron chi connectivity index (χ0n) is 21.7. The Labute approximate surface area is 224 Å². The molecule has 192 valence electrons. The van der Waals surface area contributed by atoms with Gasteiger partial charge in [-0.25, -0.2) is 0 Å². The minimum atomic E-state index is 0.0428. The number of ether oxygens (including phenoxy) is 1. The van der Waals surface area contributed by atoms with E-state index >= 15 is 0 Å². The van der Waals surface area contributed by atoms with E-state index in [0.29, 0.717) is 23.7 Å². The van der Waals surface area contributed by atoms with Crippen LogP contribution in [0.25, 0.3) is 10.9 Å². The zero-order chi connectivity index (χ0) is 26.2. The van der Waals surface area contributed by atoms with Crippen molar-refractivity contribution in [1.82, 2.24) is 9.88 Å². The molecule has 0 radical (unpaired) electrons. The molecule has 6 heteroatoms. The van der Waals surface area contributed by atoms with Crippen molar-refractivity contribution >= 4 is 34.1 Å². The second-order valence-corrected chi connectivity index (χ2v) is 9.78. The summed E-state index contributed by atoms with van der Waals surface area (Å²) < 4.78 is 5.48. The summed E-state index contributed by atoms with van der Waals surface area (Å²) in [5, 5.41) is 5.33. The quantitative estimate of drug-likeness (QED) is 0.226. The van der Waals surface area contributed by atoms with Crippen LogP contribution in [0.15, 0.2) is 79.0 Å². The summed E-state index contributed by atoms with van der Waals surface area (Å²) >= 11 is 6.08. The normalized spacial score (nSPS) is 11.8. The van der Waals surface area contributed by atoms with Crippen LogP contribution in [0, 0.1) is 0 Å². The SMILES string of the molecule is CCc1ccc(C(=O)N(CCCC(C)Nc2cc(OC)cc3cccnc23)Cc2ccc(Cl)cc2)cc1. The molecule has 0 aliphatic rings. The van der Waals surface area contributed by atoms with Crippen LogP contribution in [-0.2, 0) is 13.0 Å². The number of pyridine rings is 1. The molecule has 4 aromatic rings. The van der Waals surface area contributed by atoms with Gasteiger partial charge in [0.05, 0.1) is 18.3 Å². The lowest BCUT2D eigenvalue weighted by atomic mass is 10.1. The van der Waals surface area contributed by atoms with Gasteiger partial charge in [0.15, 0.2) is 0 Å². The standard InChI is InChI=1S/C31H34ClN3O2/c1-4-23-9-13-25(14-10-23)31(36)35(21-24-11-15-27(32)16-12-24)18-6-7-22(2)34-29-20-28(37-3)19-26-8-5-17-33-30(26)29/h5,8-17,19-20,22,34H,4,6-7,18,21H2,1-3H3. The Morgan fingerprint density at radius 2 is 1.78 bits per heavy atom. The van der Waals surface area contributed by atoms with Gasteiger partial charge in [-0.15, -0.1) is 0 Å². The van der Waals surface area contributed by atoms with Gasteiger partial charge in [-0.1, -0.05) is 48.9 Å². The Bertz CT molecular complexity index is 1320. The molecule has 1 amide bonds. The predicted octanol–water partition coefficient (Wildman–Crippen LogP) is 7.38. The molecule has 0 fully saturated rings. The van der Waals surface area contributed by atoms with Gasteiger partial charge in [-0.05, 0) is 73.7 Å². The third-order valence-electron chi connectivity index (χ3n) is 6.56. The number of fused-ring (bicyclic) bond motifs is 1. The van der Waals surface area contributed by atoms with Crippen LogP contribution >= 0.6 is 11.6 Å². The smallest absolute Gasteiger partial charge is 0.254 e. The second kappa shape index (κ2) is 12.6. The fourth-order valence-corrected chi connectivity index (χ4v) is 4.57. The maximum atomic E-state index is 13.5. The van der Waals surface area contributed by atoms with Crippen LogP contribution in [0.5, 0.6) is 5.75 Å². The van der Waals surface area contributed by atoms with Gasteiger partial charge in [0.25, 0.3) is 5.91 Å². The molecule has 0 aliphatic heterocycles. The van der Waals surface area contributed by atoms with Crippen LogP contribution in [-0.4, -0.2) is 35.5 Å². The first-order valence-corrected chi connectivity index (χ1v) is 13.2. The molecule has 3 aromatic carbocycles. The monoisotopic (exact) mass is 515 g/mol. The lowest BCUT2D eigenvalue weighted by Crippen LogP contribution is -2.32. The van der Waals surface area contributed by atoms with Crippen molar-refractivity contribution < 1.29 is 9.53 Å². The highest BCUT2D eigenvalue weighted by molar-refractivity contribution is 6.30. The number of hydrogen-bond acceptors (Lipinski definition) is 4. The largest absolute Gasteiger partial charge is 0.497 e. The van der Waals surface area contributed by atoms with Gasteiger partial charge in [0, 0.05) is 47.4 Å². The molecule has 5 nitrogen and oxygen atoms in total. The maximum Gasteiger partial charge on any atom is 0.254 e. The summed E-state index contributed by atoms with van der Waals surface area (Å²) in [7, 11) is 1.67. The molecule has 0 saturated heterocycles. The molecule has 37 heavy (non-hydrogen) atoms. The highest BCUT2D eigenvalue weighted by atomic mass is 35.5. The summed E-state index contributed by atoms with van der Waals surface area (Å²) in [6, 6.07) is 23.8. The first-order chi connectivity index (χ1) is 18.0. The predicted molar refractivity (Wildman–Crippen MR) is 153 cm³/mol. The minimum Gasteiger partial charge on any atom is -0.497 e. The topological polar surface area (TPSA) is 54.5 Å². The van der Waals surface area contributed by atoms with Gasteiger partial charge in [-0.2, -0.15) is 0 Å². The summed E-state index contributed by atoms with van der Waals surface area (Å²) in [5.74, 6) is 0.838. The highest BCUT2D eigenvalue weighted by Crippen LogP contribution is 2.28. The first kappa shape index (κ1) is 26.5. The highest BCUT2D eigenvalue weighted by Gasteiger charge is 2.17. The van der Waals surface area contributed by atoms with Crippen LogP contribution in [0.2, 0.25) is 5.02 Å². The number of carbonyl (C=O) groups is 1. The molecule has 0 aliphatic carbocycles. The number of hydrogen-bond donors (Lipinski definition) is 1. The fourth-order valence-electron chi connectivity index (χ4n) is 4.45. The first-order valence-electron chi connectivity index (χ1n) is 12.8. The maximum absolute atomic E-state index is 13.5. The third-order valence-corrected chi connectivity index (χ3v) is 6.82. The minimum absolute atomic E-state index is 0.0428. The number of rotatable bonds is 11. The Balaban J connectivity index is 1.44. The number of carbonyl (C=O) groups excluding carboxylic acids is 1. The Morgan fingerprint density at radius 1 is 1.05 bits per heavy atom. The van der Waals surface area contributed by atoms with Gasteiger partial charge in [0.2, 0.25) is 0 Å². The van der Waals surface area contributed by atoms with Crippen molar-refractivity contribution in [3.8, 4) is 5.75 Å². The van der Waals surface area contributed by atoms with E-state index in [0.717, 1.165) is 47.2 Å². The van der Waals surface area contributed by atoms with E-state index in [1.54, 1.807) is 13.3 Å². The molecule has 0 saturated carbocycles. The van der Waals surface area contributed by atoms with Crippen molar-refractivity contribution in [2.45, 2.75) is 45.7 Å². The van der Waals surface area contributed by atoms with E-state index in [1.165, 1.54) is 5.56 Å². The number of nitrogens with zero attached hydrogens (tertiary/aromatic N) is 2. The number of benzene rings is 3. The second-order valence-electron chi connectivity index (χ2n) is 9.34. The number of aryl methyl sites for hydroxylation is 1. The Hall–Kier alpha value is -3.57. The number of aromatic nitrogens is 1. The molecular formula is C31H34ClN3O2. The van der Waals surface area contributed by atoms with Gasteiger partial charge < -0.3 is 15.0 Å². The molecule has 1 atom stereocenters. The van der Waals surface area contributed by atoms with Crippen molar-refractivity contribution in [3.05, 3.63) is 101 Å². The number of halogens is 1. The van der Waals surface area contributed by atoms with Crippen LogP contribution in [0.3, 0.4) is 0 Å². The molecule has 1 aromatic heterocycles. The number of nitrogens with one attached hydrogen (secondary N) is 1. The van der Waals surface area contributed by atoms with Crippen molar-refractivity contribution in [3.63, 3.8) is 0 Å². The van der Waals surface area contributed by atoms with E-state index in [-0.39, 0.29) is 11.9 Å². The third kappa shape index (κ3) is 7.01. The summed E-state index contributed by atoms with van der Waals surface area (Å²) in [5.41, 5.74) is 4.87. The fraction of sp³-hybridized carbons (Fsp3) is 0.290. The van der Waals surface area contributed by atoms with Crippen LogP contribution < -0.4 is 10.1 Å². The summed E-state index contributed by atoms with van der Waals surface area (Å²) in [6.07, 6.45) is 4.50. The zero-order valence-corrected chi connectivity index (χ0v) is 22.5. The van der Waals surface area contributed by atoms with E-state index < -0.39 is 0 Å². The van der Waals surface area contributed by atoms with Crippen molar-refractivity contribution in [1.29, 1.82) is 0 Å². The van der Waals surface area contributed by atoms with Crippen molar-refractivity contribution in [2.75, 3.05) is 19.0 Å². The summed E-state index contributed by atoms with van der Waals surface area (Å²) in [4.78, 5) is 20.0. The van der Waals surface area contributed by atoms with E-state index in [1.807, 2.05) is 77.7 Å². The van der Waals surface area contributed by atoms with Gasteiger partial charge in [-0.3, -0.25) is 9.78 Å². The van der Waals surface area contributed by atoms with Gasteiger partial charge in [0.1, 0.15) is 5.75 Å². The Kier molecular flexibility index (Phi) is 9.02. The molecule has 4 rings (SSSR count). The number of anilines is 1. The molecule has 0 bridgehead atoms. The number of methoxy groups -OCH3 is 1. The molecular weight excluding hydrogens is 482 g/mol. The summed E-state index contributed by atoms with van der Waals surface area (Å²) in [6.45, 7) is 5.46. The van der Waals surface area contributed by atoms with Crippen molar-refractivity contribution in [2.24, 2.45) is 0 Å². The van der Waals surface area contributed by atoms with Crippen LogP contribution in [0.1, 0.15) is 48.2 Å².